The molecular formula is C34H30N2O2S. The quantitative estimate of drug-likeness (QED) is 0.185. The molecule has 39 heavy (non-hydrogen) atoms. The van der Waals surface area contributed by atoms with E-state index in [-0.39, 0.29) is 12.0 Å². The van der Waals surface area contributed by atoms with Gasteiger partial charge in [0.15, 0.2) is 0 Å². The molecule has 2 aliphatic rings. The molecule has 0 saturated carbocycles. The second-order valence-electron chi connectivity index (χ2n) is 10.5. The van der Waals surface area contributed by atoms with Crippen LogP contribution in [0, 0.1) is 5.92 Å². The predicted octanol–water partition coefficient (Wildman–Crippen LogP) is 8.03. The van der Waals surface area contributed by atoms with Crippen LogP contribution in [0.2, 0.25) is 0 Å². The molecule has 5 aromatic rings. The van der Waals surface area contributed by atoms with Crippen LogP contribution in [0.1, 0.15) is 36.4 Å². The highest BCUT2D eigenvalue weighted by atomic mass is 32.2. The average molecular weight is 531 g/mol. The lowest BCUT2D eigenvalue weighted by molar-refractivity contribution is 0.428. The first-order valence-corrected chi connectivity index (χ1v) is 15.1. The fourth-order valence-electron chi connectivity index (χ4n) is 6.62. The van der Waals surface area contributed by atoms with Gasteiger partial charge in [-0.15, -0.1) is 0 Å². The number of allylic oxidation sites excluding steroid dienone is 2. The fourth-order valence-corrected chi connectivity index (χ4v) is 8.13. The Kier molecular flexibility index (Phi) is 5.71. The number of anilines is 2. The van der Waals surface area contributed by atoms with E-state index in [0.717, 1.165) is 17.7 Å². The van der Waals surface area contributed by atoms with Gasteiger partial charge < -0.3 is 5.32 Å². The van der Waals surface area contributed by atoms with Gasteiger partial charge in [-0.2, -0.15) is 0 Å². The third-order valence-electron chi connectivity index (χ3n) is 8.38. The summed E-state index contributed by atoms with van der Waals surface area (Å²) in [4.78, 5) is 0.335. The van der Waals surface area contributed by atoms with Gasteiger partial charge in [-0.05, 0) is 88.3 Å². The lowest BCUT2D eigenvalue weighted by Gasteiger charge is -2.39. The number of rotatable bonds is 5. The van der Waals surface area contributed by atoms with E-state index < -0.39 is 10.0 Å². The first kappa shape index (κ1) is 24.0. The van der Waals surface area contributed by atoms with Gasteiger partial charge in [0.1, 0.15) is 0 Å². The number of nitrogens with one attached hydrogen (secondary N) is 1. The van der Waals surface area contributed by atoms with Gasteiger partial charge in [-0.3, -0.25) is 4.31 Å². The van der Waals surface area contributed by atoms with Crippen molar-refractivity contribution in [3.63, 3.8) is 0 Å². The van der Waals surface area contributed by atoms with Crippen molar-refractivity contribution in [2.45, 2.75) is 30.2 Å². The first-order chi connectivity index (χ1) is 19.1. The van der Waals surface area contributed by atoms with E-state index in [4.69, 9.17) is 0 Å². The Hall–Kier alpha value is -4.09. The molecule has 0 bridgehead atoms. The third kappa shape index (κ3) is 3.83. The average Bonchev–Trinajstić information content (AvgIpc) is 3.47. The van der Waals surface area contributed by atoms with Crippen LogP contribution in [-0.4, -0.2) is 15.0 Å². The topological polar surface area (TPSA) is 49.4 Å². The highest BCUT2D eigenvalue weighted by Gasteiger charge is 2.40. The summed E-state index contributed by atoms with van der Waals surface area (Å²) in [5.41, 5.74) is 4.06. The maximum atomic E-state index is 13.8. The van der Waals surface area contributed by atoms with Crippen LogP contribution in [0.4, 0.5) is 11.4 Å². The van der Waals surface area contributed by atoms with Gasteiger partial charge in [-0.25, -0.2) is 8.42 Å². The van der Waals surface area contributed by atoms with Gasteiger partial charge in [-0.1, -0.05) is 78.9 Å². The summed E-state index contributed by atoms with van der Waals surface area (Å²) in [5.74, 6) is 0.437. The Balaban J connectivity index is 1.35. The van der Waals surface area contributed by atoms with Gasteiger partial charge >= 0.3 is 0 Å². The van der Waals surface area contributed by atoms with E-state index in [0.29, 0.717) is 23.0 Å². The number of nitrogens with zero attached hydrogens (tertiary/aromatic N) is 1. The summed E-state index contributed by atoms with van der Waals surface area (Å²) in [6, 6.07) is 34.6. The van der Waals surface area contributed by atoms with Crippen LogP contribution in [0.25, 0.3) is 21.5 Å². The van der Waals surface area contributed by atoms with Crippen LogP contribution in [0.5, 0.6) is 0 Å². The van der Waals surface area contributed by atoms with E-state index in [9.17, 15) is 8.42 Å². The van der Waals surface area contributed by atoms with Crippen molar-refractivity contribution in [1.29, 1.82) is 0 Å². The molecule has 3 atom stereocenters. The zero-order valence-corrected chi connectivity index (χ0v) is 22.6. The van der Waals surface area contributed by atoms with Gasteiger partial charge in [0.25, 0.3) is 10.0 Å². The molecule has 0 fully saturated rings. The summed E-state index contributed by atoms with van der Waals surface area (Å²) >= 11 is 0. The van der Waals surface area contributed by atoms with Crippen LogP contribution in [0.15, 0.2) is 120 Å². The molecule has 0 aromatic heterocycles. The molecule has 194 valence electrons. The largest absolute Gasteiger partial charge is 0.378 e. The van der Waals surface area contributed by atoms with Crippen molar-refractivity contribution in [3.05, 3.63) is 126 Å². The number of benzene rings is 5. The minimum Gasteiger partial charge on any atom is -0.378 e. The molecule has 1 N–H and O–H groups in total. The van der Waals surface area contributed by atoms with Crippen molar-refractivity contribution < 1.29 is 8.42 Å². The number of para-hydroxylation sites is 1. The van der Waals surface area contributed by atoms with E-state index in [1.807, 2.05) is 49.4 Å². The molecule has 5 aromatic carbocycles. The number of sulfonamides is 1. The zero-order valence-electron chi connectivity index (χ0n) is 21.8. The zero-order chi connectivity index (χ0) is 26.6. The number of hydrogen-bond acceptors (Lipinski definition) is 3. The van der Waals surface area contributed by atoms with Crippen molar-refractivity contribution in [1.82, 2.24) is 0 Å². The molecule has 1 aliphatic carbocycles. The Labute approximate surface area is 229 Å². The molecule has 0 radical (unpaired) electrons. The van der Waals surface area contributed by atoms with E-state index >= 15 is 0 Å². The summed E-state index contributed by atoms with van der Waals surface area (Å²) in [5, 5.41) is 8.89. The molecule has 1 aliphatic heterocycles. The normalized spacial score (nSPS) is 20.0. The molecule has 1 heterocycles. The Morgan fingerprint density at radius 2 is 1.49 bits per heavy atom. The van der Waals surface area contributed by atoms with Crippen molar-refractivity contribution in [3.8, 4) is 0 Å². The Morgan fingerprint density at radius 3 is 2.18 bits per heavy atom. The summed E-state index contributed by atoms with van der Waals surface area (Å²) in [6.07, 6.45) is 5.48. The van der Waals surface area contributed by atoms with Crippen LogP contribution in [0.3, 0.4) is 0 Å². The van der Waals surface area contributed by atoms with E-state index in [2.05, 4.69) is 72.1 Å². The molecule has 3 unspecified atom stereocenters. The monoisotopic (exact) mass is 530 g/mol. The standard InChI is InChI=1S/C34H30N2O2S/c1-2-36(25-13-4-3-5-14-25)39(37,38)26-19-20-32-31(22-26)29-17-10-18-30(29)34(35-32)33-27-15-8-6-11-23(27)21-24-12-7-9-16-28(24)33/h3-17,19-22,29-30,34-35H,2,18H2,1H3. The second kappa shape index (κ2) is 9.28. The van der Waals surface area contributed by atoms with Crippen LogP contribution >= 0.6 is 0 Å². The van der Waals surface area contributed by atoms with E-state index in [1.54, 1.807) is 6.07 Å². The minimum absolute atomic E-state index is 0.104. The maximum Gasteiger partial charge on any atom is 0.264 e. The fraction of sp³-hybridized carbons (Fsp3) is 0.176. The minimum atomic E-state index is -3.71. The van der Waals surface area contributed by atoms with Crippen molar-refractivity contribution in [2.24, 2.45) is 5.92 Å². The van der Waals surface area contributed by atoms with Crippen LogP contribution < -0.4 is 9.62 Å². The maximum absolute atomic E-state index is 13.8. The lowest BCUT2D eigenvalue weighted by atomic mass is 9.75. The molecule has 0 amide bonds. The molecule has 5 heteroatoms. The van der Waals surface area contributed by atoms with Gasteiger partial charge in [0.2, 0.25) is 0 Å². The third-order valence-corrected chi connectivity index (χ3v) is 10.3. The first-order valence-electron chi connectivity index (χ1n) is 13.6. The Bertz CT molecular complexity index is 1790. The van der Waals surface area contributed by atoms with Crippen LogP contribution in [-0.2, 0) is 10.0 Å². The summed E-state index contributed by atoms with van der Waals surface area (Å²) < 4.78 is 29.1. The molecule has 0 spiro atoms. The summed E-state index contributed by atoms with van der Waals surface area (Å²) in [7, 11) is -3.71. The molecule has 0 saturated heterocycles. The smallest absolute Gasteiger partial charge is 0.264 e. The highest BCUT2D eigenvalue weighted by Crippen LogP contribution is 2.52. The van der Waals surface area contributed by atoms with Gasteiger partial charge in [0, 0.05) is 18.2 Å². The lowest BCUT2D eigenvalue weighted by Crippen LogP contribution is -2.32. The Morgan fingerprint density at radius 1 is 0.821 bits per heavy atom. The second-order valence-corrected chi connectivity index (χ2v) is 12.3. The SMILES string of the molecule is CCN(c1ccccc1)S(=O)(=O)c1ccc2c(c1)C1C=CCC1C(c1c3ccccc3cc3ccccc13)N2. The predicted molar refractivity (Wildman–Crippen MR) is 161 cm³/mol. The molecule has 7 rings (SSSR count). The van der Waals surface area contributed by atoms with E-state index in [1.165, 1.54) is 31.4 Å². The molecular weight excluding hydrogens is 500 g/mol. The van der Waals surface area contributed by atoms with Gasteiger partial charge in [0.05, 0.1) is 16.6 Å². The van der Waals surface area contributed by atoms with Crippen molar-refractivity contribution >= 4 is 42.9 Å². The summed E-state index contributed by atoms with van der Waals surface area (Å²) in [6.45, 7) is 2.24. The van der Waals surface area contributed by atoms with Crippen molar-refractivity contribution in [2.75, 3.05) is 16.2 Å². The molecule has 4 nitrogen and oxygen atoms in total. The number of hydrogen-bond donors (Lipinski definition) is 1. The highest BCUT2D eigenvalue weighted by molar-refractivity contribution is 7.92. The number of fused-ring (bicyclic) bond motifs is 5.